The Kier molecular flexibility index (Phi) is 3.02. The molecule has 0 unspecified atom stereocenters. The first-order valence-electron chi connectivity index (χ1n) is 5.41. The maximum absolute atomic E-state index is 5.68. The number of hydrogen-bond donors (Lipinski definition) is 1. The molecule has 0 aliphatic rings. The molecule has 82 valence electrons. The molecule has 0 fully saturated rings. The molecule has 0 bridgehead atoms. The Hall–Kier alpha value is -1.67. The van der Waals surface area contributed by atoms with Crippen LogP contribution in [0.4, 0.5) is 0 Å². The summed E-state index contributed by atoms with van der Waals surface area (Å²) in [5.74, 6) is 0. The molecule has 2 N–H and O–H groups in total. The van der Waals surface area contributed by atoms with Gasteiger partial charge in [0.15, 0.2) is 0 Å². The zero-order valence-corrected chi connectivity index (χ0v) is 9.70. The number of pyridine rings is 1. The summed E-state index contributed by atoms with van der Waals surface area (Å²) in [6, 6.07) is 8.55. The fraction of sp³-hybridized carbons (Fsp3) is 0.214. The van der Waals surface area contributed by atoms with Gasteiger partial charge in [-0.15, -0.1) is 0 Å². The number of aryl methyl sites for hydroxylation is 2. The molecular weight excluding hydrogens is 196 g/mol. The standard InChI is InChI=1S/C14H16N2/c1-10-3-12(7-15)6-13(4-10)14-5-11(2)8-16-9-14/h3-6,8-9H,7,15H2,1-2H3. The summed E-state index contributed by atoms with van der Waals surface area (Å²) in [4.78, 5) is 4.21. The first-order valence-corrected chi connectivity index (χ1v) is 5.41. The lowest BCUT2D eigenvalue weighted by atomic mass is 10.0. The Bertz CT molecular complexity index is 504. The maximum atomic E-state index is 5.68. The van der Waals surface area contributed by atoms with Crippen LogP contribution in [-0.2, 0) is 6.54 Å². The van der Waals surface area contributed by atoms with Gasteiger partial charge in [0.2, 0.25) is 0 Å². The van der Waals surface area contributed by atoms with Crippen molar-refractivity contribution in [3.63, 3.8) is 0 Å². The van der Waals surface area contributed by atoms with Crippen LogP contribution in [0.5, 0.6) is 0 Å². The van der Waals surface area contributed by atoms with Crippen LogP contribution < -0.4 is 5.73 Å². The van der Waals surface area contributed by atoms with Crippen molar-refractivity contribution in [2.75, 3.05) is 0 Å². The molecule has 0 aliphatic carbocycles. The van der Waals surface area contributed by atoms with Gasteiger partial charge < -0.3 is 5.73 Å². The lowest BCUT2D eigenvalue weighted by Crippen LogP contribution is -1.97. The van der Waals surface area contributed by atoms with Gasteiger partial charge in [0.1, 0.15) is 0 Å². The molecule has 2 aromatic rings. The fourth-order valence-electron chi connectivity index (χ4n) is 1.86. The van der Waals surface area contributed by atoms with Crippen molar-refractivity contribution in [3.05, 3.63) is 53.3 Å². The number of nitrogens with zero attached hydrogens (tertiary/aromatic N) is 1. The fourth-order valence-corrected chi connectivity index (χ4v) is 1.86. The Morgan fingerprint density at radius 1 is 0.938 bits per heavy atom. The van der Waals surface area contributed by atoms with Gasteiger partial charge in [0.05, 0.1) is 0 Å². The van der Waals surface area contributed by atoms with E-state index in [1.165, 1.54) is 16.7 Å². The van der Waals surface area contributed by atoms with Crippen molar-refractivity contribution in [3.8, 4) is 11.1 Å². The van der Waals surface area contributed by atoms with Crippen LogP contribution in [-0.4, -0.2) is 4.98 Å². The molecule has 1 aromatic carbocycles. The molecular formula is C14H16N2. The molecule has 0 aliphatic heterocycles. The molecule has 0 radical (unpaired) electrons. The van der Waals surface area contributed by atoms with Crippen LogP contribution in [0.1, 0.15) is 16.7 Å². The van der Waals surface area contributed by atoms with E-state index in [4.69, 9.17) is 5.73 Å². The molecule has 1 heterocycles. The quantitative estimate of drug-likeness (QED) is 0.831. The molecule has 2 nitrogen and oxygen atoms in total. The number of rotatable bonds is 2. The molecule has 16 heavy (non-hydrogen) atoms. The highest BCUT2D eigenvalue weighted by Crippen LogP contribution is 2.22. The minimum Gasteiger partial charge on any atom is -0.326 e. The summed E-state index contributed by atoms with van der Waals surface area (Å²) in [5.41, 5.74) is 11.6. The van der Waals surface area contributed by atoms with Crippen molar-refractivity contribution in [1.82, 2.24) is 4.98 Å². The number of hydrogen-bond acceptors (Lipinski definition) is 2. The van der Waals surface area contributed by atoms with Gasteiger partial charge >= 0.3 is 0 Å². The van der Waals surface area contributed by atoms with E-state index in [1.807, 2.05) is 12.4 Å². The lowest BCUT2D eigenvalue weighted by molar-refractivity contribution is 1.07. The molecule has 0 amide bonds. The predicted molar refractivity (Wildman–Crippen MR) is 67.0 cm³/mol. The molecule has 1 aromatic heterocycles. The Labute approximate surface area is 96.1 Å². The van der Waals surface area contributed by atoms with Crippen molar-refractivity contribution in [2.24, 2.45) is 5.73 Å². The molecule has 0 saturated heterocycles. The molecule has 0 spiro atoms. The maximum Gasteiger partial charge on any atom is 0.0346 e. The largest absolute Gasteiger partial charge is 0.326 e. The van der Waals surface area contributed by atoms with Gasteiger partial charge in [-0.3, -0.25) is 4.98 Å². The monoisotopic (exact) mass is 212 g/mol. The summed E-state index contributed by atoms with van der Waals surface area (Å²) < 4.78 is 0. The second kappa shape index (κ2) is 4.45. The average Bonchev–Trinajstić information content (AvgIpc) is 2.28. The highest BCUT2D eigenvalue weighted by atomic mass is 14.6. The van der Waals surface area contributed by atoms with Gasteiger partial charge in [0, 0.05) is 24.5 Å². The van der Waals surface area contributed by atoms with Crippen molar-refractivity contribution >= 4 is 0 Å². The van der Waals surface area contributed by atoms with Gasteiger partial charge in [0.25, 0.3) is 0 Å². The van der Waals surface area contributed by atoms with Gasteiger partial charge in [-0.05, 0) is 42.7 Å². The van der Waals surface area contributed by atoms with Crippen LogP contribution in [0, 0.1) is 13.8 Å². The second-order valence-corrected chi connectivity index (χ2v) is 4.16. The van der Waals surface area contributed by atoms with Crippen LogP contribution >= 0.6 is 0 Å². The minimum atomic E-state index is 0.577. The summed E-state index contributed by atoms with van der Waals surface area (Å²) in [6.07, 6.45) is 3.76. The third-order valence-corrected chi connectivity index (χ3v) is 2.58. The Balaban J connectivity index is 2.51. The second-order valence-electron chi connectivity index (χ2n) is 4.16. The summed E-state index contributed by atoms with van der Waals surface area (Å²) in [6.45, 7) is 4.72. The molecule has 2 rings (SSSR count). The predicted octanol–water partition coefficient (Wildman–Crippen LogP) is 2.82. The summed E-state index contributed by atoms with van der Waals surface area (Å²) >= 11 is 0. The highest BCUT2D eigenvalue weighted by Gasteiger charge is 2.01. The van der Waals surface area contributed by atoms with E-state index in [0.717, 1.165) is 11.1 Å². The normalized spacial score (nSPS) is 10.4. The van der Waals surface area contributed by atoms with Gasteiger partial charge in [-0.25, -0.2) is 0 Å². The Morgan fingerprint density at radius 2 is 1.69 bits per heavy atom. The third kappa shape index (κ3) is 2.28. The highest BCUT2D eigenvalue weighted by molar-refractivity contribution is 5.64. The van der Waals surface area contributed by atoms with E-state index in [2.05, 4.69) is 43.1 Å². The minimum absolute atomic E-state index is 0.577. The zero-order chi connectivity index (χ0) is 11.5. The van der Waals surface area contributed by atoms with Gasteiger partial charge in [-0.2, -0.15) is 0 Å². The van der Waals surface area contributed by atoms with E-state index < -0.39 is 0 Å². The van der Waals surface area contributed by atoms with E-state index in [-0.39, 0.29) is 0 Å². The van der Waals surface area contributed by atoms with E-state index in [0.29, 0.717) is 6.54 Å². The lowest BCUT2D eigenvalue weighted by Gasteiger charge is -2.06. The summed E-state index contributed by atoms with van der Waals surface area (Å²) in [5, 5.41) is 0. The summed E-state index contributed by atoms with van der Waals surface area (Å²) in [7, 11) is 0. The molecule has 0 saturated carbocycles. The van der Waals surface area contributed by atoms with Crippen molar-refractivity contribution in [1.29, 1.82) is 0 Å². The number of nitrogens with two attached hydrogens (primary N) is 1. The molecule has 2 heteroatoms. The number of aromatic nitrogens is 1. The van der Waals surface area contributed by atoms with Gasteiger partial charge in [-0.1, -0.05) is 17.7 Å². The van der Waals surface area contributed by atoms with E-state index in [1.54, 1.807) is 0 Å². The van der Waals surface area contributed by atoms with Crippen LogP contribution in [0.15, 0.2) is 36.7 Å². The first kappa shape index (κ1) is 10.8. The van der Waals surface area contributed by atoms with Crippen molar-refractivity contribution < 1.29 is 0 Å². The average molecular weight is 212 g/mol. The van der Waals surface area contributed by atoms with E-state index in [9.17, 15) is 0 Å². The smallest absolute Gasteiger partial charge is 0.0346 e. The SMILES string of the molecule is Cc1cncc(-c2cc(C)cc(CN)c2)c1. The van der Waals surface area contributed by atoms with E-state index >= 15 is 0 Å². The third-order valence-electron chi connectivity index (χ3n) is 2.58. The zero-order valence-electron chi connectivity index (χ0n) is 9.70. The van der Waals surface area contributed by atoms with Crippen LogP contribution in [0.2, 0.25) is 0 Å². The molecule has 0 atom stereocenters. The van der Waals surface area contributed by atoms with Crippen LogP contribution in [0.25, 0.3) is 11.1 Å². The Morgan fingerprint density at radius 3 is 2.38 bits per heavy atom. The van der Waals surface area contributed by atoms with Crippen molar-refractivity contribution in [2.45, 2.75) is 20.4 Å². The first-order chi connectivity index (χ1) is 7.69. The number of benzene rings is 1. The topological polar surface area (TPSA) is 38.9 Å². The van der Waals surface area contributed by atoms with Crippen LogP contribution in [0.3, 0.4) is 0 Å².